The molecule has 0 aliphatic rings. The number of nitrogens with one attached hydrogen (secondary N) is 1. The van der Waals surface area contributed by atoms with Gasteiger partial charge >= 0.3 is 0 Å². The minimum Gasteiger partial charge on any atom is -0.463 e. The summed E-state index contributed by atoms with van der Waals surface area (Å²) in [5.41, 5.74) is 2.16. The summed E-state index contributed by atoms with van der Waals surface area (Å²) in [6, 6.07) is 10.1. The monoisotopic (exact) mass is 287 g/mol. The van der Waals surface area contributed by atoms with Crippen LogP contribution in [0.4, 0.5) is 0 Å². The first-order valence-corrected chi connectivity index (χ1v) is 7.47. The molecule has 0 bridgehead atoms. The Kier molecular flexibility index (Phi) is 3.95. The van der Waals surface area contributed by atoms with E-state index in [2.05, 4.69) is 18.3 Å². The lowest BCUT2D eigenvalue weighted by molar-refractivity contribution is 0.608. The van der Waals surface area contributed by atoms with Crippen molar-refractivity contribution in [1.82, 2.24) is 5.32 Å². The third kappa shape index (κ3) is 2.41. The maximum absolute atomic E-state index is 6.39. The van der Waals surface area contributed by atoms with Crippen LogP contribution in [0.1, 0.15) is 18.9 Å². The Labute approximate surface area is 123 Å². The van der Waals surface area contributed by atoms with Crippen LogP contribution in [0, 0.1) is 0 Å². The van der Waals surface area contributed by atoms with E-state index in [4.69, 9.17) is 16.0 Å². The number of furan rings is 1. The molecule has 0 radical (unpaired) electrons. The van der Waals surface area contributed by atoms with Gasteiger partial charge in [0.15, 0.2) is 0 Å². The molecule has 0 saturated carbocycles. The molecule has 2 nitrogen and oxygen atoms in total. The lowest BCUT2D eigenvalue weighted by Gasteiger charge is -2.04. The van der Waals surface area contributed by atoms with Crippen molar-refractivity contribution in [1.29, 1.82) is 0 Å². The van der Waals surface area contributed by atoms with E-state index in [-0.39, 0.29) is 0 Å². The van der Waals surface area contributed by atoms with E-state index in [0.717, 1.165) is 52.7 Å². The highest BCUT2D eigenvalue weighted by Crippen LogP contribution is 2.34. The molecule has 0 fully saturated rings. The highest BCUT2D eigenvalue weighted by molar-refractivity contribution is 6.37. The molecule has 2 aromatic carbocycles. The van der Waals surface area contributed by atoms with Gasteiger partial charge in [-0.2, -0.15) is 0 Å². The summed E-state index contributed by atoms with van der Waals surface area (Å²) < 4.78 is 5.79. The van der Waals surface area contributed by atoms with Gasteiger partial charge in [0.05, 0.1) is 6.26 Å². The molecule has 104 valence electrons. The maximum atomic E-state index is 6.39. The average molecular weight is 288 g/mol. The molecule has 0 atom stereocenters. The molecule has 1 aromatic heterocycles. The molecule has 3 heteroatoms. The van der Waals surface area contributed by atoms with Gasteiger partial charge in [-0.3, -0.25) is 0 Å². The minimum atomic E-state index is 0.789. The fourth-order valence-corrected chi connectivity index (χ4v) is 2.86. The van der Waals surface area contributed by atoms with Gasteiger partial charge < -0.3 is 9.73 Å². The summed E-state index contributed by atoms with van der Waals surface area (Å²) in [6.45, 7) is 4.19. The van der Waals surface area contributed by atoms with E-state index in [1.165, 1.54) is 5.56 Å². The normalized spacial score (nSPS) is 11.5. The van der Waals surface area contributed by atoms with Gasteiger partial charge in [0.1, 0.15) is 5.58 Å². The molecule has 0 spiro atoms. The number of fused-ring (bicyclic) bond motifs is 3. The van der Waals surface area contributed by atoms with E-state index >= 15 is 0 Å². The van der Waals surface area contributed by atoms with E-state index in [0.29, 0.717) is 0 Å². The van der Waals surface area contributed by atoms with Gasteiger partial charge in [0, 0.05) is 21.2 Å². The smallest absolute Gasteiger partial charge is 0.142 e. The van der Waals surface area contributed by atoms with Crippen LogP contribution in [0.25, 0.3) is 21.7 Å². The number of rotatable bonds is 5. The number of halogens is 1. The molecule has 0 amide bonds. The standard InChI is InChI=1S/C17H18ClNO/c1-2-8-19-9-7-12-11-20-17-14-6-4-3-5-13(14)16(18)10-15(12)17/h3-6,10-11,19H,2,7-9H2,1H3. The van der Waals surface area contributed by atoms with Gasteiger partial charge in [0.25, 0.3) is 0 Å². The van der Waals surface area contributed by atoms with Gasteiger partial charge in [-0.15, -0.1) is 0 Å². The second-order valence-corrected chi connectivity index (χ2v) is 5.45. The Morgan fingerprint density at radius 1 is 1.10 bits per heavy atom. The maximum Gasteiger partial charge on any atom is 0.142 e. The molecule has 3 aromatic rings. The van der Waals surface area contributed by atoms with Crippen molar-refractivity contribution in [2.75, 3.05) is 13.1 Å². The van der Waals surface area contributed by atoms with Crippen LogP contribution in [-0.2, 0) is 6.42 Å². The molecule has 20 heavy (non-hydrogen) atoms. The predicted octanol–water partition coefficient (Wildman–Crippen LogP) is 4.78. The topological polar surface area (TPSA) is 25.2 Å². The number of hydrogen-bond donors (Lipinski definition) is 1. The van der Waals surface area contributed by atoms with Crippen molar-refractivity contribution in [2.45, 2.75) is 19.8 Å². The van der Waals surface area contributed by atoms with Gasteiger partial charge in [-0.1, -0.05) is 42.8 Å². The summed E-state index contributed by atoms with van der Waals surface area (Å²) in [5, 5.41) is 7.47. The first-order chi connectivity index (χ1) is 9.81. The first-order valence-electron chi connectivity index (χ1n) is 7.09. The Bertz CT molecular complexity index is 732. The van der Waals surface area contributed by atoms with Crippen LogP contribution in [-0.4, -0.2) is 13.1 Å². The Hall–Kier alpha value is -1.51. The second kappa shape index (κ2) is 5.86. The van der Waals surface area contributed by atoms with E-state index in [1.807, 2.05) is 30.5 Å². The van der Waals surface area contributed by atoms with Crippen LogP contribution in [0.2, 0.25) is 5.02 Å². The Morgan fingerprint density at radius 2 is 1.90 bits per heavy atom. The third-order valence-electron chi connectivity index (χ3n) is 3.61. The van der Waals surface area contributed by atoms with Crippen LogP contribution < -0.4 is 5.32 Å². The quantitative estimate of drug-likeness (QED) is 0.683. The van der Waals surface area contributed by atoms with Crippen molar-refractivity contribution in [2.24, 2.45) is 0 Å². The largest absolute Gasteiger partial charge is 0.463 e. The van der Waals surface area contributed by atoms with E-state index in [1.54, 1.807) is 0 Å². The highest BCUT2D eigenvalue weighted by Gasteiger charge is 2.11. The van der Waals surface area contributed by atoms with Crippen LogP contribution >= 0.6 is 11.6 Å². The van der Waals surface area contributed by atoms with Gasteiger partial charge in [0.2, 0.25) is 0 Å². The van der Waals surface area contributed by atoms with E-state index in [9.17, 15) is 0 Å². The zero-order chi connectivity index (χ0) is 13.9. The summed E-state index contributed by atoms with van der Waals surface area (Å²) in [7, 11) is 0. The summed E-state index contributed by atoms with van der Waals surface area (Å²) in [5.74, 6) is 0. The molecule has 0 saturated heterocycles. The lowest BCUT2D eigenvalue weighted by Crippen LogP contribution is -2.17. The molecule has 0 unspecified atom stereocenters. The summed E-state index contributed by atoms with van der Waals surface area (Å²) in [6.07, 6.45) is 3.98. The fourth-order valence-electron chi connectivity index (χ4n) is 2.58. The first kappa shape index (κ1) is 13.5. The van der Waals surface area contributed by atoms with Gasteiger partial charge in [-0.25, -0.2) is 0 Å². The zero-order valence-corrected chi connectivity index (χ0v) is 12.3. The predicted molar refractivity (Wildman–Crippen MR) is 85.6 cm³/mol. The Morgan fingerprint density at radius 3 is 2.70 bits per heavy atom. The Balaban J connectivity index is 2.00. The van der Waals surface area contributed by atoms with Crippen molar-refractivity contribution < 1.29 is 4.42 Å². The number of benzene rings is 2. The van der Waals surface area contributed by atoms with E-state index < -0.39 is 0 Å². The average Bonchev–Trinajstić information content (AvgIpc) is 2.87. The molecular formula is C17H18ClNO. The molecule has 1 heterocycles. The fraction of sp³-hybridized carbons (Fsp3) is 0.294. The van der Waals surface area contributed by atoms with Crippen LogP contribution in [0.5, 0.6) is 0 Å². The van der Waals surface area contributed by atoms with Crippen molar-refractivity contribution >= 4 is 33.3 Å². The summed E-state index contributed by atoms with van der Waals surface area (Å²) >= 11 is 6.39. The van der Waals surface area contributed by atoms with Crippen LogP contribution in [0.3, 0.4) is 0 Å². The minimum absolute atomic E-state index is 0.789. The zero-order valence-electron chi connectivity index (χ0n) is 11.6. The van der Waals surface area contributed by atoms with Crippen molar-refractivity contribution in [3.63, 3.8) is 0 Å². The molecule has 0 aliphatic heterocycles. The highest BCUT2D eigenvalue weighted by atomic mass is 35.5. The lowest BCUT2D eigenvalue weighted by atomic mass is 10.0. The summed E-state index contributed by atoms with van der Waals surface area (Å²) in [4.78, 5) is 0. The number of hydrogen-bond acceptors (Lipinski definition) is 2. The van der Waals surface area contributed by atoms with Crippen molar-refractivity contribution in [3.8, 4) is 0 Å². The molecular weight excluding hydrogens is 270 g/mol. The molecule has 3 rings (SSSR count). The van der Waals surface area contributed by atoms with Gasteiger partial charge in [-0.05, 0) is 37.6 Å². The second-order valence-electron chi connectivity index (χ2n) is 5.04. The SMILES string of the molecule is CCCNCCc1coc2c1cc(Cl)c1ccccc12. The van der Waals surface area contributed by atoms with Crippen molar-refractivity contribution in [3.05, 3.63) is 47.2 Å². The molecule has 0 aliphatic carbocycles. The van der Waals surface area contributed by atoms with Crippen LogP contribution in [0.15, 0.2) is 41.0 Å². The molecule has 1 N–H and O–H groups in total. The third-order valence-corrected chi connectivity index (χ3v) is 3.92.